The van der Waals surface area contributed by atoms with E-state index in [0.717, 1.165) is 16.2 Å². The minimum Gasteiger partial charge on any atom is -0.481 e. The summed E-state index contributed by atoms with van der Waals surface area (Å²) in [6.07, 6.45) is 2.23. The third-order valence-electron chi connectivity index (χ3n) is 3.88. The van der Waals surface area contributed by atoms with Gasteiger partial charge in [-0.25, -0.2) is 9.78 Å². The maximum absolute atomic E-state index is 12.6. The van der Waals surface area contributed by atoms with Gasteiger partial charge in [-0.1, -0.05) is 6.08 Å². The molecule has 1 saturated heterocycles. The number of β-lactam (4-membered cyclic amide) rings is 1. The van der Waals surface area contributed by atoms with Crippen LogP contribution in [-0.2, 0) is 19.2 Å². The molecule has 1 aromatic rings. The summed E-state index contributed by atoms with van der Waals surface area (Å²) in [7, 11) is 0. The molecule has 0 spiro atoms. The lowest BCUT2D eigenvalue weighted by molar-refractivity contribution is -0.150. The van der Waals surface area contributed by atoms with Crippen LogP contribution in [0, 0.1) is 0 Å². The van der Waals surface area contributed by atoms with Crippen LogP contribution in [0.15, 0.2) is 23.2 Å². The fourth-order valence-electron chi connectivity index (χ4n) is 2.67. The number of nitrogens with one attached hydrogen (secondary N) is 1. The number of aliphatic carboxylic acids is 2. The van der Waals surface area contributed by atoms with Gasteiger partial charge in [-0.05, 0) is 6.08 Å². The second kappa shape index (κ2) is 8.63. The van der Waals surface area contributed by atoms with Crippen molar-refractivity contribution >= 4 is 70.0 Å². The highest BCUT2D eigenvalue weighted by atomic mass is 35.5. The van der Waals surface area contributed by atoms with Gasteiger partial charge in [0.05, 0.1) is 17.7 Å². The largest absolute Gasteiger partial charge is 0.481 e. The Bertz CT molecular complexity index is 899. The van der Waals surface area contributed by atoms with Gasteiger partial charge >= 0.3 is 11.9 Å². The molecule has 13 heteroatoms. The summed E-state index contributed by atoms with van der Waals surface area (Å²) in [5, 5.41) is 21.8. The van der Waals surface area contributed by atoms with Crippen LogP contribution >= 0.6 is 35.5 Å². The van der Waals surface area contributed by atoms with Crippen LogP contribution in [0.1, 0.15) is 12.1 Å². The number of nitrogens with two attached hydrogens (primary N) is 1. The molecular formula is C15H15ClN4O6S2. The standard InChI is InChI=1S/C15H14N4O6S2.ClH/c16-15-17-7(5-27-15)6(1-2-9(20)21)11(22)18-10-12(23)19-8(14(24)25)3-4-26-13(10)19;/h1,3,5,10,13H,2,4H2,(H2,16,17)(H,18,22)(H,20,21)(H,24,25);1H/b6-1-;/t10?,13-;/m1./s1. The number of nitrogens with zero attached hydrogens (tertiary/aromatic N) is 2. The lowest BCUT2D eigenvalue weighted by atomic mass is 10.0. The van der Waals surface area contributed by atoms with Crippen molar-refractivity contribution in [3.8, 4) is 0 Å². The Morgan fingerprint density at radius 1 is 1.39 bits per heavy atom. The molecule has 28 heavy (non-hydrogen) atoms. The van der Waals surface area contributed by atoms with Gasteiger partial charge < -0.3 is 21.3 Å². The van der Waals surface area contributed by atoms with E-state index in [0.29, 0.717) is 5.75 Å². The summed E-state index contributed by atoms with van der Waals surface area (Å²) in [5.74, 6) is -3.16. The van der Waals surface area contributed by atoms with E-state index in [1.807, 2.05) is 0 Å². The van der Waals surface area contributed by atoms with Crippen LogP contribution in [0.25, 0.3) is 5.57 Å². The van der Waals surface area contributed by atoms with Crippen LogP contribution in [0.5, 0.6) is 0 Å². The molecule has 2 aliphatic rings. The van der Waals surface area contributed by atoms with Crippen molar-refractivity contribution < 1.29 is 29.4 Å². The Morgan fingerprint density at radius 2 is 2.11 bits per heavy atom. The number of thioether (sulfide) groups is 1. The normalized spacial score (nSPS) is 21.0. The number of carboxylic acids is 2. The topological polar surface area (TPSA) is 163 Å². The first-order chi connectivity index (χ1) is 12.8. The second-order valence-electron chi connectivity index (χ2n) is 5.56. The number of fused-ring (bicyclic) bond motifs is 1. The van der Waals surface area contributed by atoms with Crippen molar-refractivity contribution in [2.24, 2.45) is 0 Å². The average Bonchev–Trinajstić information content (AvgIpc) is 3.04. The number of nitrogen functional groups attached to an aromatic ring is 1. The van der Waals surface area contributed by atoms with Gasteiger partial charge in [-0.3, -0.25) is 19.3 Å². The summed E-state index contributed by atoms with van der Waals surface area (Å²) >= 11 is 2.41. The molecule has 3 rings (SSSR count). The molecule has 2 atom stereocenters. The number of carbonyl (C=O) groups is 4. The van der Waals surface area contributed by atoms with Crippen molar-refractivity contribution in [1.29, 1.82) is 0 Å². The highest BCUT2D eigenvalue weighted by Gasteiger charge is 2.52. The first kappa shape index (κ1) is 21.7. The van der Waals surface area contributed by atoms with Crippen molar-refractivity contribution in [3.05, 3.63) is 28.9 Å². The molecule has 0 saturated carbocycles. The smallest absolute Gasteiger partial charge is 0.352 e. The minimum atomic E-state index is -1.21. The molecule has 150 valence electrons. The molecule has 10 nitrogen and oxygen atoms in total. The first-order valence-electron chi connectivity index (χ1n) is 7.62. The lowest BCUT2D eigenvalue weighted by Gasteiger charge is -2.48. The number of aromatic nitrogens is 1. The molecule has 1 unspecified atom stereocenters. The van der Waals surface area contributed by atoms with E-state index in [1.54, 1.807) is 0 Å². The maximum Gasteiger partial charge on any atom is 0.352 e. The minimum absolute atomic E-state index is 0. The Hall–Kier alpha value is -2.57. The Morgan fingerprint density at radius 3 is 2.68 bits per heavy atom. The monoisotopic (exact) mass is 446 g/mol. The van der Waals surface area contributed by atoms with E-state index >= 15 is 0 Å². The van der Waals surface area contributed by atoms with Crippen molar-refractivity contribution in [3.63, 3.8) is 0 Å². The number of hydrogen-bond donors (Lipinski definition) is 4. The molecule has 5 N–H and O–H groups in total. The molecule has 2 amide bonds. The Kier molecular flexibility index (Phi) is 6.69. The van der Waals surface area contributed by atoms with E-state index in [2.05, 4.69) is 10.3 Å². The molecule has 0 radical (unpaired) electrons. The summed E-state index contributed by atoms with van der Waals surface area (Å²) in [4.78, 5) is 52.1. The van der Waals surface area contributed by atoms with Gasteiger partial charge in [0.25, 0.3) is 11.8 Å². The summed E-state index contributed by atoms with van der Waals surface area (Å²) in [6.45, 7) is 0. The van der Waals surface area contributed by atoms with E-state index in [9.17, 15) is 19.2 Å². The summed E-state index contributed by atoms with van der Waals surface area (Å²) < 4.78 is 0. The molecule has 3 heterocycles. The summed E-state index contributed by atoms with van der Waals surface area (Å²) in [5.41, 5.74) is 5.66. The number of hydrogen-bond acceptors (Lipinski definition) is 8. The third-order valence-corrected chi connectivity index (χ3v) is 5.73. The molecule has 0 aromatic carbocycles. The zero-order valence-electron chi connectivity index (χ0n) is 14.0. The van der Waals surface area contributed by atoms with E-state index in [4.69, 9.17) is 15.9 Å². The zero-order chi connectivity index (χ0) is 19.7. The highest BCUT2D eigenvalue weighted by molar-refractivity contribution is 8.00. The first-order valence-corrected chi connectivity index (χ1v) is 9.54. The fourth-order valence-corrected chi connectivity index (χ4v) is 4.43. The lowest BCUT2D eigenvalue weighted by Crippen LogP contribution is -2.70. The van der Waals surface area contributed by atoms with Crippen LogP contribution in [0.3, 0.4) is 0 Å². The summed E-state index contributed by atoms with van der Waals surface area (Å²) in [6, 6.07) is -0.908. The number of carboxylic acid groups (broad SMARTS) is 2. The van der Waals surface area contributed by atoms with Gasteiger partial charge in [0, 0.05) is 11.1 Å². The number of halogens is 1. The van der Waals surface area contributed by atoms with Gasteiger partial charge in [0.1, 0.15) is 17.1 Å². The average molecular weight is 447 g/mol. The number of amides is 2. The molecule has 0 aliphatic carbocycles. The van der Waals surface area contributed by atoms with Gasteiger partial charge in [0.2, 0.25) is 0 Å². The van der Waals surface area contributed by atoms with Crippen molar-refractivity contribution in [2.75, 3.05) is 11.5 Å². The van der Waals surface area contributed by atoms with Gasteiger partial charge in [-0.2, -0.15) is 0 Å². The third kappa shape index (κ3) is 4.13. The van der Waals surface area contributed by atoms with Crippen LogP contribution in [0.2, 0.25) is 0 Å². The van der Waals surface area contributed by atoms with Crippen LogP contribution < -0.4 is 11.1 Å². The highest BCUT2D eigenvalue weighted by Crippen LogP contribution is 2.37. The Balaban J connectivity index is 0.00000280. The van der Waals surface area contributed by atoms with Gasteiger partial charge in [0.15, 0.2) is 5.13 Å². The van der Waals surface area contributed by atoms with E-state index in [1.165, 1.54) is 29.3 Å². The zero-order valence-corrected chi connectivity index (χ0v) is 16.5. The maximum atomic E-state index is 12.6. The Labute approximate surface area is 172 Å². The predicted molar refractivity (Wildman–Crippen MR) is 105 cm³/mol. The van der Waals surface area contributed by atoms with Gasteiger partial charge in [-0.15, -0.1) is 35.5 Å². The number of anilines is 1. The van der Waals surface area contributed by atoms with Crippen LogP contribution in [0.4, 0.5) is 5.13 Å². The van der Waals surface area contributed by atoms with Crippen molar-refractivity contribution in [1.82, 2.24) is 15.2 Å². The second-order valence-corrected chi connectivity index (χ2v) is 7.60. The molecule has 0 bridgehead atoms. The molecule has 1 fully saturated rings. The van der Waals surface area contributed by atoms with Crippen LogP contribution in [-0.4, -0.2) is 61.0 Å². The SMILES string of the molecule is Cl.Nc1nc(/C(=C/CC(=O)O)C(=O)NC2C(=O)N3C(C(=O)O)=CCS[C@H]23)cs1. The van der Waals surface area contributed by atoms with E-state index in [-0.39, 0.29) is 34.5 Å². The predicted octanol–water partition coefficient (Wildman–Crippen LogP) is 0.374. The molecule has 2 aliphatic heterocycles. The number of carbonyl (C=O) groups excluding carboxylic acids is 2. The van der Waals surface area contributed by atoms with E-state index < -0.39 is 41.6 Å². The number of thiazole rings is 1. The fraction of sp³-hybridized carbons (Fsp3) is 0.267. The number of rotatable bonds is 6. The quantitative estimate of drug-likeness (QED) is 0.357. The molecule has 1 aromatic heterocycles. The molecular weight excluding hydrogens is 432 g/mol. The van der Waals surface area contributed by atoms with Crippen molar-refractivity contribution in [2.45, 2.75) is 17.8 Å².